The van der Waals surface area contributed by atoms with Crippen molar-refractivity contribution in [3.8, 4) is 5.69 Å². The van der Waals surface area contributed by atoms with Crippen LogP contribution < -0.4 is 5.32 Å². The fourth-order valence-electron chi connectivity index (χ4n) is 1.99. The van der Waals surface area contributed by atoms with E-state index >= 15 is 0 Å². The van der Waals surface area contributed by atoms with Crippen molar-refractivity contribution in [2.45, 2.75) is 13.8 Å². The summed E-state index contributed by atoms with van der Waals surface area (Å²) in [4.78, 5) is 12.1. The zero-order chi connectivity index (χ0) is 14.8. The normalized spacial score (nSPS) is 10.6. The van der Waals surface area contributed by atoms with Gasteiger partial charge in [0, 0.05) is 23.5 Å². The zero-order valence-electron chi connectivity index (χ0n) is 11.8. The van der Waals surface area contributed by atoms with Gasteiger partial charge in [-0.2, -0.15) is 10.2 Å². The van der Waals surface area contributed by atoms with Gasteiger partial charge in [0.05, 0.1) is 11.9 Å². The summed E-state index contributed by atoms with van der Waals surface area (Å²) in [6, 6.07) is 9.02. The molecule has 3 rings (SSSR count). The van der Waals surface area contributed by atoms with Gasteiger partial charge in [-0.1, -0.05) is 0 Å². The summed E-state index contributed by atoms with van der Waals surface area (Å²) in [6.45, 7) is 3.86. The molecule has 2 N–H and O–H groups in total. The van der Waals surface area contributed by atoms with E-state index in [0.29, 0.717) is 11.4 Å². The van der Waals surface area contributed by atoms with Crippen LogP contribution in [0.3, 0.4) is 0 Å². The number of aryl methyl sites for hydroxylation is 2. The molecule has 6 heteroatoms. The Morgan fingerprint density at radius 1 is 1.24 bits per heavy atom. The van der Waals surface area contributed by atoms with Crippen LogP contribution in [0.4, 0.5) is 5.82 Å². The number of aromatic amines is 1. The molecule has 21 heavy (non-hydrogen) atoms. The highest BCUT2D eigenvalue weighted by atomic mass is 16.1. The van der Waals surface area contributed by atoms with E-state index in [-0.39, 0.29) is 5.91 Å². The summed E-state index contributed by atoms with van der Waals surface area (Å²) in [5, 5.41) is 13.7. The monoisotopic (exact) mass is 281 g/mol. The highest BCUT2D eigenvalue weighted by Gasteiger charge is 2.08. The highest BCUT2D eigenvalue weighted by molar-refractivity contribution is 6.03. The number of hydrogen-bond donors (Lipinski definition) is 2. The van der Waals surface area contributed by atoms with Gasteiger partial charge in [-0.15, -0.1) is 0 Å². The fraction of sp³-hybridized carbons (Fsp3) is 0.133. The third-order valence-corrected chi connectivity index (χ3v) is 3.05. The molecule has 0 bridgehead atoms. The maximum Gasteiger partial charge on any atom is 0.256 e. The summed E-state index contributed by atoms with van der Waals surface area (Å²) >= 11 is 0. The average molecular weight is 281 g/mol. The molecular weight excluding hydrogens is 266 g/mol. The third kappa shape index (κ3) is 2.84. The number of H-pyrrole nitrogens is 1. The van der Waals surface area contributed by atoms with Crippen LogP contribution in [0.1, 0.15) is 21.6 Å². The van der Waals surface area contributed by atoms with Crippen molar-refractivity contribution in [2.24, 2.45) is 0 Å². The summed E-state index contributed by atoms with van der Waals surface area (Å²) in [5.74, 6) is 0.328. The molecule has 2 heterocycles. The van der Waals surface area contributed by atoms with E-state index in [1.807, 2.05) is 32.2 Å². The standard InChI is InChI=1S/C15H15N5O/c1-10-8-16-20(9-10)13-5-3-12(4-6-13)15(21)17-14-7-11(2)18-19-14/h3-9H,1-2H3,(H2,17,18,19,21). The Hall–Kier alpha value is -2.89. The molecule has 0 atom stereocenters. The zero-order valence-corrected chi connectivity index (χ0v) is 11.8. The van der Waals surface area contributed by atoms with Crippen molar-refractivity contribution >= 4 is 11.7 Å². The molecule has 0 aliphatic carbocycles. The quantitative estimate of drug-likeness (QED) is 0.774. The maximum atomic E-state index is 12.1. The third-order valence-electron chi connectivity index (χ3n) is 3.05. The summed E-state index contributed by atoms with van der Waals surface area (Å²) < 4.78 is 1.77. The van der Waals surface area contributed by atoms with Crippen LogP contribution in [-0.2, 0) is 0 Å². The first kappa shape index (κ1) is 13.1. The van der Waals surface area contributed by atoms with E-state index in [1.165, 1.54) is 0 Å². The van der Waals surface area contributed by atoms with Gasteiger partial charge >= 0.3 is 0 Å². The molecule has 1 aromatic carbocycles. The highest BCUT2D eigenvalue weighted by Crippen LogP contribution is 2.12. The van der Waals surface area contributed by atoms with Crippen LogP contribution in [0.15, 0.2) is 42.7 Å². The van der Waals surface area contributed by atoms with Crippen LogP contribution in [0.5, 0.6) is 0 Å². The molecule has 6 nitrogen and oxygen atoms in total. The number of benzene rings is 1. The van der Waals surface area contributed by atoms with E-state index in [1.54, 1.807) is 29.1 Å². The lowest BCUT2D eigenvalue weighted by Gasteiger charge is -2.04. The second-order valence-electron chi connectivity index (χ2n) is 4.90. The second kappa shape index (κ2) is 5.24. The molecule has 0 aliphatic heterocycles. The Morgan fingerprint density at radius 3 is 2.57 bits per heavy atom. The van der Waals surface area contributed by atoms with Crippen molar-refractivity contribution in [3.05, 3.63) is 59.5 Å². The van der Waals surface area contributed by atoms with Crippen LogP contribution in [0, 0.1) is 13.8 Å². The lowest BCUT2D eigenvalue weighted by Crippen LogP contribution is -2.12. The molecule has 0 spiro atoms. The van der Waals surface area contributed by atoms with Crippen LogP contribution >= 0.6 is 0 Å². The largest absolute Gasteiger partial charge is 0.305 e. The molecule has 0 aliphatic rings. The van der Waals surface area contributed by atoms with Crippen molar-refractivity contribution in [1.29, 1.82) is 0 Å². The van der Waals surface area contributed by atoms with Crippen LogP contribution in [0.25, 0.3) is 5.69 Å². The Kier molecular flexibility index (Phi) is 3.27. The number of rotatable bonds is 3. The van der Waals surface area contributed by atoms with E-state index < -0.39 is 0 Å². The lowest BCUT2D eigenvalue weighted by molar-refractivity contribution is 0.102. The maximum absolute atomic E-state index is 12.1. The van der Waals surface area contributed by atoms with E-state index in [0.717, 1.165) is 16.9 Å². The Bertz CT molecular complexity index is 769. The minimum atomic E-state index is -0.190. The first-order valence-electron chi connectivity index (χ1n) is 6.57. The van der Waals surface area contributed by atoms with Gasteiger partial charge in [-0.25, -0.2) is 4.68 Å². The van der Waals surface area contributed by atoms with Gasteiger partial charge < -0.3 is 5.32 Å². The Balaban J connectivity index is 1.76. The number of aromatic nitrogens is 4. The molecule has 106 valence electrons. The van der Waals surface area contributed by atoms with E-state index in [9.17, 15) is 4.79 Å². The van der Waals surface area contributed by atoms with Crippen molar-refractivity contribution < 1.29 is 4.79 Å². The Labute approximate surface area is 121 Å². The number of anilines is 1. The van der Waals surface area contributed by atoms with Crippen molar-refractivity contribution in [2.75, 3.05) is 5.32 Å². The Morgan fingerprint density at radius 2 is 2.00 bits per heavy atom. The first-order chi connectivity index (χ1) is 10.1. The summed E-state index contributed by atoms with van der Waals surface area (Å²) in [7, 11) is 0. The molecule has 1 amide bonds. The average Bonchev–Trinajstić information content (AvgIpc) is 3.08. The smallest absolute Gasteiger partial charge is 0.256 e. The van der Waals surface area contributed by atoms with Gasteiger partial charge in [-0.3, -0.25) is 9.89 Å². The summed E-state index contributed by atoms with van der Waals surface area (Å²) in [6.07, 6.45) is 3.72. The summed E-state index contributed by atoms with van der Waals surface area (Å²) in [5.41, 5.74) is 3.47. The molecule has 0 unspecified atom stereocenters. The number of carbonyl (C=O) groups is 1. The molecule has 0 radical (unpaired) electrons. The molecular formula is C15H15N5O. The number of hydrogen-bond acceptors (Lipinski definition) is 3. The van der Waals surface area contributed by atoms with Gasteiger partial charge in [0.2, 0.25) is 0 Å². The fourth-order valence-corrected chi connectivity index (χ4v) is 1.99. The van der Waals surface area contributed by atoms with Crippen LogP contribution in [-0.4, -0.2) is 25.9 Å². The predicted molar refractivity (Wildman–Crippen MR) is 79.6 cm³/mol. The minimum absolute atomic E-state index is 0.190. The van der Waals surface area contributed by atoms with Gasteiger partial charge in [0.15, 0.2) is 5.82 Å². The molecule has 3 aromatic rings. The topological polar surface area (TPSA) is 75.6 Å². The van der Waals surface area contributed by atoms with Crippen LogP contribution in [0.2, 0.25) is 0 Å². The minimum Gasteiger partial charge on any atom is -0.305 e. The number of nitrogens with one attached hydrogen (secondary N) is 2. The number of carbonyl (C=O) groups excluding carboxylic acids is 1. The van der Waals surface area contributed by atoms with E-state index in [2.05, 4.69) is 20.6 Å². The molecule has 0 fully saturated rings. The molecule has 2 aromatic heterocycles. The number of amides is 1. The molecule has 0 saturated heterocycles. The van der Waals surface area contributed by atoms with Gasteiger partial charge in [0.1, 0.15) is 0 Å². The predicted octanol–water partition coefficient (Wildman–Crippen LogP) is 2.46. The molecule has 0 saturated carbocycles. The van der Waals surface area contributed by atoms with E-state index in [4.69, 9.17) is 0 Å². The van der Waals surface area contributed by atoms with Gasteiger partial charge in [-0.05, 0) is 43.7 Å². The lowest BCUT2D eigenvalue weighted by atomic mass is 10.2. The van der Waals surface area contributed by atoms with Crippen molar-refractivity contribution in [1.82, 2.24) is 20.0 Å². The van der Waals surface area contributed by atoms with Gasteiger partial charge in [0.25, 0.3) is 5.91 Å². The SMILES string of the molecule is Cc1cnn(-c2ccc(C(=O)Nc3cc(C)[nH]n3)cc2)c1. The number of nitrogens with zero attached hydrogens (tertiary/aromatic N) is 3. The first-order valence-corrected chi connectivity index (χ1v) is 6.57. The van der Waals surface area contributed by atoms with Crippen molar-refractivity contribution in [3.63, 3.8) is 0 Å². The second-order valence-corrected chi connectivity index (χ2v) is 4.90.